The molecule has 1 aliphatic rings. The fourth-order valence-electron chi connectivity index (χ4n) is 3.59. The largest absolute Gasteiger partial charge is 0.494 e. The maximum Gasteiger partial charge on any atom is 0.234 e. The Morgan fingerprint density at radius 1 is 1.03 bits per heavy atom. The van der Waals surface area contributed by atoms with Crippen LogP contribution in [-0.4, -0.2) is 51.2 Å². The summed E-state index contributed by atoms with van der Waals surface area (Å²) in [7, 11) is 0. The number of anilines is 1. The Bertz CT molecular complexity index is 1310. The summed E-state index contributed by atoms with van der Waals surface area (Å²) in [5.74, 6) is 2.72. The van der Waals surface area contributed by atoms with E-state index in [1.165, 1.54) is 11.8 Å². The Morgan fingerprint density at radius 3 is 2.57 bits per heavy atom. The Morgan fingerprint density at radius 2 is 1.80 bits per heavy atom. The van der Waals surface area contributed by atoms with Gasteiger partial charge in [-0.3, -0.25) is 14.3 Å². The molecule has 5 rings (SSSR count). The lowest BCUT2D eigenvalue weighted by atomic mass is 10.2. The van der Waals surface area contributed by atoms with E-state index in [0.717, 1.165) is 17.0 Å². The van der Waals surface area contributed by atoms with E-state index in [2.05, 4.69) is 20.5 Å². The summed E-state index contributed by atoms with van der Waals surface area (Å²) in [4.78, 5) is 16.8. The predicted molar refractivity (Wildman–Crippen MR) is 133 cm³/mol. The lowest BCUT2D eigenvalue weighted by Crippen LogP contribution is -2.17. The van der Waals surface area contributed by atoms with Crippen molar-refractivity contribution in [2.75, 3.05) is 30.9 Å². The molecule has 0 fully saturated rings. The van der Waals surface area contributed by atoms with Crippen LogP contribution in [0.4, 0.5) is 5.69 Å². The first-order valence-electron chi connectivity index (χ1n) is 11.1. The van der Waals surface area contributed by atoms with Gasteiger partial charge in [0.1, 0.15) is 19.0 Å². The molecule has 1 aliphatic heterocycles. The van der Waals surface area contributed by atoms with Gasteiger partial charge < -0.3 is 19.5 Å². The van der Waals surface area contributed by atoms with Crippen LogP contribution in [0.3, 0.4) is 0 Å². The number of pyridine rings is 1. The molecule has 0 saturated carbocycles. The van der Waals surface area contributed by atoms with Gasteiger partial charge in [-0.25, -0.2) is 0 Å². The van der Waals surface area contributed by atoms with Crippen molar-refractivity contribution in [2.24, 2.45) is 0 Å². The molecule has 0 radical (unpaired) electrons. The van der Waals surface area contributed by atoms with Crippen molar-refractivity contribution in [1.29, 1.82) is 0 Å². The van der Waals surface area contributed by atoms with Gasteiger partial charge >= 0.3 is 0 Å². The average molecular weight is 490 g/mol. The number of rotatable bonds is 8. The minimum absolute atomic E-state index is 0.153. The number of carbonyl (C=O) groups excluding carboxylic acids is 1. The van der Waals surface area contributed by atoms with Crippen molar-refractivity contribution in [3.05, 3.63) is 67.0 Å². The van der Waals surface area contributed by atoms with Gasteiger partial charge in [-0.1, -0.05) is 11.8 Å². The maximum atomic E-state index is 12.7. The molecule has 9 nitrogen and oxygen atoms in total. The number of hydrogen-bond donors (Lipinski definition) is 1. The van der Waals surface area contributed by atoms with Gasteiger partial charge in [0.05, 0.1) is 12.4 Å². The summed E-state index contributed by atoms with van der Waals surface area (Å²) in [5, 5.41) is 12.3. The molecule has 10 heteroatoms. The number of thioether (sulfide) groups is 1. The average Bonchev–Trinajstić information content (AvgIpc) is 3.32. The molecule has 0 atom stereocenters. The molecule has 35 heavy (non-hydrogen) atoms. The molecule has 178 valence electrons. The van der Waals surface area contributed by atoms with E-state index in [4.69, 9.17) is 14.2 Å². The van der Waals surface area contributed by atoms with Gasteiger partial charge in [-0.05, 0) is 55.5 Å². The van der Waals surface area contributed by atoms with Gasteiger partial charge in [0.15, 0.2) is 22.5 Å². The highest BCUT2D eigenvalue weighted by Crippen LogP contribution is 2.33. The molecule has 1 amide bonds. The Labute approximate surface area is 206 Å². The minimum atomic E-state index is -0.168. The number of fused-ring (bicyclic) bond motifs is 1. The van der Waals surface area contributed by atoms with E-state index >= 15 is 0 Å². The van der Waals surface area contributed by atoms with Crippen LogP contribution in [-0.2, 0) is 4.79 Å². The molecule has 3 heterocycles. The van der Waals surface area contributed by atoms with Crippen LogP contribution in [0.2, 0.25) is 0 Å². The first kappa shape index (κ1) is 22.7. The van der Waals surface area contributed by atoms with Crippen LogP contribution in [0.1, 0.15) is 6.92 Å². The smallest absolute Gasteiger partial charge is 0.234 e. The number of hydrogen-bond acceptors (Lipinski definition) is 8. The highest BCUT2D eigenvalue weighted by atomic mass is 32.2. The number of nitrogens with zero attached hydrogens (tertiary/aromatic N) is 4. The first-order chi connectivity index (χ1) is 17.2. The SMILES string of the molecule is CCOc1ccc(-n2c(SCC(=O)Nc3ccc4c(c3)OCCO4)nnc2-c2ccncc2)cc1. The lowest BCUT2D eigenvalue weighted by Gasteiger charge is -2.19. The molecule has 0 spiro atoms. The van der Waals surface area contributed by atoms with E-state index in [-0.39, 0.29) is 11.7 Å². The third-order valence-electron chi connectivity index (χ3n) is 5.14. The highest BCUT2D eigenvalue weighted by molar-refractivity contribution is 7.99. The fourth-order valence-corrected chi connectivity index (χ4v) is 4.34. The van der Waals surface area contributed by atoms with Crippen molar-refractivity contribution < 1.29 is 19.0 Å². The Kier molecular flexibility index (Phi) is 6.80. The minimum Gasteiger partial charge on any atom is -0.494 e. The molecule has 1 N–H and O–H groups in total. The number of nitrogens with one attached hydrogen (secondary N) is 1. The standard InChI is InChI=1S/C25H23N5O4S/c1-2-32-20-6-4-19(5-7-20)30-24(17-9-11-26-12-10-17)28-29-25(30)35-16-23(31)27-18-3-8-21-22(15-18)34-14-13-33-21/h3-12,15H,2,13-14,16H2,1H3,(H,27,31). The van der Waals surface area contributed by atoms with Gasteiger partial charge in [-0.15, -0.1) is 10.2 Å². The van der Waals surface area contributed by atoms with E-state index < -0.39 is 0 Å². The molecule has 4 aromatic rings. The van der Waals surface area contributed by atoms with Crippen LogP contribution >= 0.6 is 11.8 Å². The van der Waals surface area contributed by atoms with Crippen molar-refractivity contribution in [3.8, 4) is 34.3 Å². The number of aromatic nitrogens is 4. The fraction of sp³-hybridized carbons (Fsp3) is 0.200. The predicted octanol–water partition coefficient (Wildman–Crippen LogP) is 4.23. The third-order valence-corrected chi connectivity index (χ3v) is 6.07. The number of amides is 1. The van der Waals surface area contributed by atoms with Crippen LogP contribution in [0.5, 0.6) is 17.2 Å². The molecular formula is C25H23N5O4S. The van der Waals surface area contributed by atoms with Gasteiger partial charge in [0, 0.05) is 35.4 Å². The van der Waals surface area contributed by atoms with E-state index in [9.17, 15) is 4.79 Å². The topological polar surface area (TPSA) is 100 Å². The van der Waals surface area contributed by atoms with Crippen molar-refractivity contribution in [3.63, 3.8) is 0 Å². The molecule has 2 aromatic carbocycles. The summed E-state index contributed by atoms with van der Waals surface area (Å²) in [6, 6.07) is 16.8. The number of ether oxygens (including phenoxy) is 3. The van der Waals surface area contributed by atoms with Crippen LogP contribution in [0, 0.1) is 0 Å². The maximum absolute atomic E-state index is 12.7. The molecular weight excluding hydrogens is 466 g/mol. The quantitative estimate of drug-likeness (QED) is 0.367. The van der Waals surface area contributed by atoms with Gasteiger partial charge in [-0.2, -0.15) is 0 Å². The summed E-state index contributed by atoms with van der Waals surface area (Å²) >= 11 is 1.30. The van der Waals surface area contributed by atoms with Gasteiger partial charge in [0.2, 0.25) is 5.91 Å². The van der Waals surface area contributed by atoms with E-state index in [1.54, 1.807) is 30.6 Å². The summed E-state index contributed by atoms with van der Waals surface area (Å²) in [5.41, 5.74) is 2.37. The lowest BCUT2D eigenvalue weighted by molar-refractivity contribution is -0.113. The second-order valence-corrected chi connectivity index (χ2v) is 8.44. The molecule has 0 unspecified atom stereocenters. The second-order valence-electron chi connectivity index (χ2n) is 7.50. The summed E-state index contributed by atoms with van der Waals surface area (Å²) < 4.78 is 18.6. The molecule has 2 aromatic heterocycles. The molecule has 0 aliphatic carbocycles. The number of carbonyl (C=O) groups is 1. The normalized spacial score (nSPS) is 12.3. The first-order valence-corrected chi connectivity index (χ1v) is 12.1. The van der Waals surface area contributed by atoms with Crippen molar-refractivity contribution >= 4 is 23.4 Å². The van der Waals surface area contributed by atoms with Crippen LogP contribution in [0.25, 0.3) is 17.1 Å². The van der Waals surface area contributed by atoms with Gasteiger partial charge in [0.25, 0.3) is 0 Å². The Hall–Kier alpha value is -4.05. The van der Waals surface area contributed by atoms with E-state index in [1.807, 2.05) is 47.9 Å². The summed E-state index contributed by atoms with van der Waals surface area (Å²) in [6.07, 6.45) is 3.42. The Balaban J connectivity index is 1.35. The molecule has 0 bridgehead atoms. The number of benzene rings is 2. The summed E-state index contributed by atoms with van der Waals surface area (Å²) in [6.45, 7) is 3.54. The van der Waals surface area contributed by atoms with Crippen molar-refractivity contribution in [2.45, 2.75) is 12.1 Å². The van der Waals surface area contributed by atoms with Crippen LogP contribution < -0.4 is 19.5 Å². The zero-order valence-electron chi connectivity index (χ0n) is 19.0. The monoisotopic (exact) mass is 489 g/mol. The third kappa shape index (κ3) is 5.22. The van der Waals surface area contributed by atoms with Crippen molar-refractivity contribution in [1.82, 2.24) is 19.7 Å². The zero-order chi connectivity index (χ0) is 24.0. The van der Waals surface area contributed by atoms with Crippen LogP contribution in [0.15, 0.2) is 72.1 Å². The zero-order valence-corrected chi connectivity index (χ0v) is 19.8. The highest BCUT2D eigenvalue weighted by Gasteiger charge is 2.18. The second kappa shape index (κ2) is 10.5. The molecule has 0 saturated heterocycles. The van der Waals surface area contributed by atoms with E-state index in [0.29, 0.717) is 48.0 Å².